The van der Waals surface area contributed by atoms with Gasteiger partial charge in [-0.1, -0.05) is 0 Å². The van der Waals surface area contributed by atoms with Gasteiger partial charge in [-0.05, 0) is 6.42 Å². The lowest BCUT2D eigenvalue weighted by molar-refractivity contribution is -0.318. The van der Waals surface area contributed by atoms with Crippen molar-refractivity contribution < 1.29 is 54.4 Å². The molecule has 3 rings (SSSR count). The summed E-state index contributed by atoms with van der Waals surface area (Å²) in [4.78, 5) is 11.9. The van der Waals surface area contributed by atoms with E-state index in [1.807, 2.05) is 0 Å². The second-order valence-electron chi connectivity index (χ2n) is 8.61. The number of aliphatic hydroxyl groups is 6. The van der Waals surface area contributed by atoms with E-state index in [2.05, 4.69) is 0 Å². The van der Waals surface area contributed by atoms with Crippen LogP contribution in [-0.4, -0.2) is 135 Å². The van der Waals surface area contributed by atoms with Crippen molar-refractivity contribution >= 4 is 5.78 Å². The molecule has 2 aliphatic heterocycles. The van der Waals surface area contributed by atoms with E-state index in [0.717, 1.165) is 0 Å². The zero-order chi connectivity index (χ0) is 24.6. The van der Waals surface area contributed by atoms with Crippen LogP contribution < -0.4 is 22.9 Å². The van der Waals surface area contributed by atoms with Crippen LogP contribution in [0.25, 0.3) is 0 Å². The topological polar surface area (TPSA) is 279 Å². The molecule has 2 saturated heterocycles. The number of ether oxygens (including phenoxy) is 4. The molecule has 0 unspecified atom stereocenters. The first-order valence-electron chi connectivity index (χ1n) is 10.6. The molecular weight excluding hydrogens is 448 g/mol. The van der Waals surface area contributed by atoms with Crippen molar-refractivity contribution in [2.75, 3.05) is 13.2 Å². The molecule has 33 heavy (non-hydrogen) atoms. The maximum atomic E-state index is 11.9. The highest BCUT2D eigenvalue weighted by molar-refractivity contribution is 5.88. The van der Waals surface area contributed by atoms with Crippen LogP contribution in [0.1, 0.15) is 6.42 Å². The third-order valence-electron chi connectivity index (χ3n) is 6.31. The van der Waals surface area contributed by atoms with Gasteiger partial charge in [0.1, 0.15) is 54.9 Å². The van der Waals surface area contributed by atoms with Gasteiger partial charge in [0.15, 0.2) is 18.4 Å². The van der Waals surface area contributed by atoms with Crippen LogP contribution in [0.2, 0.25) is 0 Å². The van der Waals surface area contributed by atoms with Gasteiger partial charge in [-0.15, -0.1) is 0 Å². The number of carbonyl (C=O) groups is 1. The number of Topliss-reactive ketones (excluding diaryl/α,β-unsaturated/α-hetero) is 1. The van der Waals surface area contributed by atoms with Crippen molar-refractivity contribution in [3.8, 4) is 0 Å². The first kappa shape index (κ1) is 26.7. The van der Waals surface area contributed by atoms with Crippen molar-refractivity contribution in [3.63, 3.8) is 0 Å². The highest BCUT2D eigenvalue weighted by atomic mass is 16.7. The summed E-state index contributed by atoms with van der Waals surface area (Å²) >= 11 is 0. The average molecular weight is 482 g/mol. The van der Waals surface area contributed by atoms with E-state index in [0.29, 0.717) is 0 Å². The van der Waals surface area contributed by atoms with Gasteiger partial charge in [0.2, 0.25) is 0 Å². The number of aliphatic hydroxyl groups excluding tert-OH is 6. The van der Waals surface area contributed by atoms with E-state index in [-0.39, 0.29) is 13.0 Å². The summed E-state index contributed by atoms with van der Waals surface area (Å²) in [5.74, 6) is -0.804. The van der Waals surface area contributed by atoms with E-state index in [4.69, 9.17) is 41.9 Å². The Bertz CT molecular complexity index is 671. The molecule has 2 heterocycles. The van der Waals surface area contributed by atoms with Gasteiger partial charge in [-0.25, -0.2) is 0 Å². The molecular formula is C18H34N4O11. The molecule has 1 aliphatic carbocycles. The van der Waals surface area contributed by atoms with E-state index in [1.165, 1.54) is 0 Å². The smallest absolute Gasteiger partial charge is 0.194 e. The summed E-state index contributed by atoms with van der Waals surface area (Å²) in [5, 5.41) is 60.8. The summed E-state index contributed by atoms with van der Waals surface area (Å²) < 4.78 is 22.0. The number of rotatable bonds is 6. The van der Waals surface area contributed by atoms with Gasteiger partial charge in [-0.2, -0.15) is 0 Å². The summed E-state index contributed by atoms with van der Waals surface area (Å²) in [6.45, 7) is -0.870. The molecule has 0 amide bonds. The Hall–Kier alpha value is -0.890. The van der Waals surface area contributed by atoms with Crippen LogP contribution >= 0.6 is 0 Å². The largest absolute Gasteiger partial charge is 0.394 e. The van der Waals surface area contributed by atoms with Crippen molar-refractivity contribution in [2.24, 2.45) is 22.9 Å². The van der Waals surface area contributed by atoms with Crippen LogP contribution in [0.4, 0.5) is 0 Å². The molecule has 0 spiro atoms. The zero-order valence-corrected chi connectivity index (χ0v) is 17.7. The average Bonchev–Trinajstić information content (AvgIpc) is 2.79. The minimum atomic E-state index is -1.81. The van der Waals surface area contributed by atoms with E-state index in [1.54, 1.807) is 0 Å². The fraction of sp³-hybridized carbons (Fsp3) is 0.944. The predicted octanol–water partition coefficient (Wildman–Crippen LogP) is -7.08. The molecule has 0 aromatic rings. The fourth-order valence-electron chi connectivity index (χ4n) is 4.28. The van der Waals surface area contributed by atoms with Crippen molar-refractivity contribution in [2.45, 2.75) is 92.1 Å². The van der Waals surface area contributed by atoms with Crippen LogP contribution in [0.3, 0.4) is 0 Å². The number of carbonyl (C=O) groups excluding carboxylic acids is 1. The molecule has 0 radical (unpaired) electrons. The highest BCUT2D eigenvalue weighted by Gasteiger charge is 2.51. The van der Waals surface area contributed by atoms with Crippen molar-refractivity contribution in [1.29, 1.82) is 0 Å². The van der Waals surface area contributed by atoms with E-state index < -0.39 is 98.0 Å². The Morgan fingerprint density at radius 2 is 1.39 bits per heavy atom. The first-order chi connectivity index (χ1) is 15.5. The molecule has 3 fully saturated rings. The summed E-state index contributed by atoms with van der Waals surface area (Å²) in [7, 11) is 0. The first-order valence-corrected chi connectivity index (χ1v) is 10.6. The second kappa shape index (κ2) is 10.8. The Labute approximate surface area is 189 Å². The number of ketones is 1. The van der Waals surface area contributed by atoms with Gasteiger partial charge < -0.3 is 72.5 Å². The molecule has 0 aromatic heterocycles. The Balaban J connectivity index is 1.73. The third-order valence-corrected chi connectivity index (χ3v) is 6.31. The second-order valence-corrected chi connectivity index (χ2v) is 8.61. The third kappa shape index (κ3) is 5.21. The maximum Gasteiger partial charge on any atom is 0.194 e. The maximum absolute atomic E-state index is 11.9. The van der Waals surface area contributed by atoms with Crippen LogP contribution in [0.15, 0.2) is 0 Å². The minimum absolute atomic E-state index is 0.0674. The summed E-state index contributed by atoms with van der Waals surface area (Å²) in [6.07, 6.45) is -15.7. The number of hydrogen-bond donors (Lipinski definition) is 10. The van der Waals surface area contributed by atoms with E-state index in [9.17, 15) is 35.4 Å². The molecule has 15 heteroatoms. The van der Waals surface area contributed by atoms with Crippen LogP contribution in [0.5, 0.6) is 0 Å². The van der Waals surface area contributed by atoms with Gasteiger partial charge in [0, 0.05) is 18.6 Å². The fourth-order valence-corrected chi connectivity index (χ4v) is 4.28. The Kier molecular flexibility index (Phi) is 8.74. The van der Waals surface area contributed by atoms with Gasteiger partial charge >= 0.3 is 0 Å². The minimum Gasteiger partial charge on any atom is -0.394 e. The molecule has 14 N–H and O–H groups in total. The lowest BCUT2D eigenvalue weighted by Gasteiger charge is -2.47. The van der Waals surface area contributed by atoms with Gasteiger partial charge in [0.05, 0.1) is 12.6 Å². The molecule has 14 atom stereocenters. The normalized spacial score (nSPS) is 51.5. The van der Waals surface area contributed by atoms with Gasteiger partial charge in [0.25, 0.3) is 0 Å². The van der Waals surface area contributed by atoms with Crippen LogP contribution in [0, 0.1) is 0 Å². The number of nitrogens with two attached hydrogens (primary N) is 4. The molecule has 15 nitrogen and oxygen atoms in total. The SMILES string of the molecule is NC[C@H]1O[C@H](O[C@H]2[C@H](O)[C@@H](O[C@H]3O[C@H](CO)[C@@H](O)[C@H](N)[C@H]3O)[C@H](N)C[C@@H]2N)[C@H](O)[C@@H](O)C1=O. The monoisotopic (exact) mass is 482 g/mol. The standard InChI is InChI=1S/C18H34N4O11/c19-2-6-10(25)12(27)13(28)18(30-6)33-16-5(21)1-4(20)15(14(16)29)32-17-11(26)8(22)9(24)7(3-23)31-17/h4-9,11-18,23-24,26-29H,1-3,19-22H2/t4-,5+,6-,7-,8+,9-,11-,12+,13-,14-,15+,16-,17-,18-/m1/s1. The summed E-state index contributed by atoms with van der Waals surface area (Å²) in [5.41, 5.74) is 23.4. The van der Waals surface area contributed by atoms with Crippen molar-refractivity contribution in [3.05, 3.63) is 0 Å². The molecule has 0 aromatic carbocycles. The molecule has 0 bridgehead atoms. The van der Waals surface area contributed by atoms with E-state index >= 15 is 0 Å². The Morgan fingerprint density at radius 3 is 1.91 bits per heavy atom. The quantitative estimate of drug-likeness (QED) is 0.168. The number of hydrogen-bond acceptors (Lipinski definition) is 15. The predicted molar refractivity (Wildman–Crippen MR) is 107 cm³/mol. The van der Waals surface area contributed by atoms with Crippen molar-refractivity contribution in [1.82, 2.24) is 0 Å². The summed E-state index contributed by atoms with van der Waals surface area (Å²) in [6, 6.07) is -2.91. The lowest BCUT2D eigenvalue weighted by atomic mass is 9.84. The lowest BCUT2D eigenvalue weighted by Crippen LogP contribution is -2.68. The molecule has 192 valence electrons. The highest BCUT2D eigenvalue weighted by Crippen LogP contribution is 2.30. The van der Waals surface area contributed by atoms with Gasteiger partial charge in [-0.3, -0.25) is 4.79 Å². The zero-order valence-electron chi connectivity index (χ0n) is 17.7. The Morgan fingerprint density at radius 1 is 0.848 bits per heavy atom. The van der Waals surface area contributed by atoms with Crippen LogP contribution in [-0.2, 0) is 23.7 Å². The molecule has 3 aliphatic rings. The molecule has 1 saturated carbocycles.